The molecule has 0 spiro atoms. The molecule has 1 rings (SSSR count). The van der Waals surface area contributed by atoms with Crippen molar-refractivity contribution in [2.45, 2.75) is 27.2 Å². The summed E-state index contributed by atoms with van der Waals surface area (Å²) in [6, 6.07) is 5.06. The lowest BCUT2D eigenvalue weighted by molar-refractivity contribution is 0.196. The summed E-state index contributed by atoms with van der Waals surface area (Å²) in [5, 5.41) is 3.40. The van der Waals surface area contributed by atoms with E-state index < -0.39 is 0 Å². The van der Waals surface area contributed by atoms with Gasteiger partial charge in [-0.05, 0) is 55.0 Å². The van der Waals surface area contributed by atoms with Crippen molar-refractivity contribution in [3.05, 3.63) is 35.1 Å². The summed E-state index contributed by atoms with van der Waals surface area (Å²) in [6.07, 6.45) is 0.918. The lowest BCUT2D eigenvalue weighted by Gasteiger charge is -2.22. The second-order valence-corrected chi connectivity index (χ2v) is 5.48. The Hall–Kier alpha value is -0.930. The number of hydrogen-bond acceptors (Lipinski definition) is 2. The fourth-order valence-electron chi connectivity index (χ4n) is 2.15. The molecule has 0 aliphatic carbocycles. The summed E-state index contributed by atoms with van der Waals surface area (Å²) in [4.78, 5) is 0. The van der Waals surface area contributed by atoms with E-state index in [1.165, 1.54) is 11.6 Å². The third kappa shape index (κ3) is 5.70. The van der Waals surface area contributed by atoms with Crippen LogP contribution in [0.2, 0.25) is 0 Å². The third-order valence-electron chi connectivity index (χ3n) is 3.63. The average molecular weight is 267 g/mol. The molecule has 1 N–H and O–H groups in total. The van der Waals surface area contributed by atoms with Crippen molar-refractivity contribution in [2.24, 2.45) is 11.8 Å². The van der Waals surface area contributed by atoms with Gasteiger partial charge in [-0.2, -0.15) is 0 Å². The molecule has 1 aromatic carbocycles. The van der Waals surface area contributed by atoms with E-state index in [0.717, 1.165) is 31.7 Å². The van der Waals surface area contributed by atoms with Gasteiger partial charge in [0.2, 0.25) is 0 Å². The molecule has 1 aromatic rings. The summed E-state index contributed by atoms with van der Waals surface area (Å²) in [6.45, 7) is 9.02. The first-order valence-corrected chi connectivity index (χ1v) is 6.99. The van der Waals surface area contributed by atoms with Gasteiger partial charge in [0.15, 0.2) is 0 Å². The van der Waals surface area contributed by atoms with Gasteiger partial charge < -0.3 is 10.1 Å². The molecule has 0 saturated carbocycles. The van der Waals surface area contributed by atoms with Gasteiger partial charge in [0, 0.05) is 13.7 Å². The Balaban J connectivity index is 2.59. The first kappa shape index (κ1) is 16.1. The highest BCUT2D eigenvalue weighted by atomic mass is 19.1. The van der Waals surface area contributed by atoms with Crippen LogP contribution in [0.3, 0.4) is 0 Å². The highest BCUT2D eigenvalue weighted by Gasteiger charge is 2.15. The van der Waals surface area contributed by atoms with Crippen LogP contribution in [0, 0.1) is 24.6 Å². The fourth-order valence-corrected chi connectivity index (χ4v) is 2.15. The molecular formula is C16H26FNO. The van der Waals surface area contributed by atoms with Crippen LogP contribution in [0.25, 0.3) is 0 Å². The van der Waals surface area contributed by atoms with E-state index in [2.05, 4.69) is 19.2 Å². The third-order valence-corrected chi connectivity index (χ3v) is 3.63. The van der Waals surface area contributed by atoms with Gasteiger partial charge in [-0.1, -0.05) is 19.9 Å². The van der Waals surface area contributed by atoms with Crippen LogP contribution in [0.1, 0.15) is 25.0 Å². The molecule has 0 amide bonds. The van der Waals surface area contributed by atoms with Gasteiger partial charge in [0.25, 0.3) is 0 Å². The van der Waals surface area contributed by atoms with Crippen LogP contribution in [-0.2, 0) is 11.2 Å². The molecule has 0 heterocycles. The maximum atomic E-state index is 13.3. The number of hydrogen-bond donors (Lipinski definition) is 1. The highest BCUT2D eigenvalue weighted by Crippen LogP contribution is 2.20. The minimum Gasteiger partial charge on any atom is -0.383 e. The average Bonchev–Trinajstić information content (AvgIpc) is 2.37. The zero-order valence-electron chi connectivity index (χ0n) is 12.5. The number of aryl methyl sites for hydroxylation is 1. The molecule has 0 aliphatic heterocycles. The lowest BCUT2D eigenvalue weighted by Crippen LogP contribution is -2.30. The smallest absolute Gasteiger partial charge is 0.123 e. The Labute approximate surface area is 116 Å². The molecule has 108 valence electrons. The first-order valence-electron chi connectivity index (χ1n) is 6.99. The number of benzene rings is 1. The molecule has 0 aromatic heterocycles. The Morgan fingerprint density at radius 1 is 1.32 bits per heavy atom. The second-order valence-electron chi connectivity index (χ2n) is 5.48. The monoisotopic (exact) mass is 267 g/mol. The van der Waals surface area contributed by atoms with Gasteiger partial charge in [-0.25, -0.2) is 4.39 Å². The molecule has 0 aliphatic rings. The minimum atomic E-state index is -0.143. The molecule has 0 saturated heterocycles. The normalized spacial score (nSPS) is 12.9. The van der Waals surface area contributed by atoms with E-state index in [9.17, 15) is 4.39 Å². The van der Waals surface area contributed by atoms with Crippen LogP contribution < -0.4 is 5.32 Å². The Morgan fingerprint density at radius 3 is 2.68 bits per heavy atom. The predicted molar refractivity (Wildman–Crippen MR) is 77.9 cm³/mol. The van der Waals surface area contributed by atoms with E-state index in [0.29, 0.717) is 11.8 Å². The SMILES string of the molecule is COCCNCC(Cc1cc(F)ccc1C)C(C)C. The van der Waals surface area contributed by atoms with Crippen molar-refractivity contribution >= 4 is 0 Å². The predicted octanol–water partition coefficient (Wildman–Crippen LogP) is 3.18. The van der Waals surface area contributed by atoms with Crippen molar-refractivity contribution in [3.63, 3.8) is 0 Å². The van der Waals surface area contributed by atoms with Crippen molar-refractivity contribution in [1.29, 1.82) is 0 Å². The van der Waals surface area contributed by atoms with Gasteiger partial charge in [0.1, 0.15) is 5.82 Å². The second kappa shape index (κ2) is 8.28. The first-order chi connectivity index (χ1) is 9.04. The Morgan fingerprint density at radius 2 is 2.05 bits per heavy atom. The Kier molecular flexibility index (Phi) is 7.03. The summed E-state index contributed by atoms with van der Waals surface area (Å²) in [7, 11) is 1.71. The van der Waals surface area contributed by atoms with Crippen LogP contribution in [0.5, 0.6) is 0 Å². The van der Waals surface area contributed by atoms with Crippen LogP contribution in [-0.4, -0.2) is 26.8 Å². The van der Waals surface area contributed by atoms with Crippen molar-refractivity contribution in [1.82, 2.24) is 5.32 Å². The maximum absolute atomic E-state index is 13.3. The summed E-state index contributed by atoms with van der Waals surface area (Å²) in [5.74, 6) is 0.936. The summed E-state index contributed by atoms with van der Waals surface area (Å²) >= 11 is 0. The van der Waals surface area contributed by atoms with E-state index in [1.807, 2.05) is 13.0 Å². The molecule has 3 heteroatoms. The van der Waals surface area contributed by atoms with Crippen LogP contribution >= 0.6 is 0 Å². The van der Waals surface area contributed by atoms with Crippen molar-refractivity contribution in [3.8, 4) is 0 Å². The lowest BCUT2D eigenvalue weighted by atomic mass is 9.87. The van der Waals surface area contributed by atoms with Gasteiger partial charge in [-0.3, -0.25) is 0 Å². The zero-order chi connectivity index (χ0) is 14.3. The van der Waals surface area contributed by atoms with Gasteiger partial charge >= 0.3 is 0 Å². The zero-order valence-corrected chi connectivity index (χ0v) is 12.5. The van der Waals surface area contributed by atoms with E-state index in [-0.39, 0.29) is 5.82 Å². The molecule has 19 heavy (non-hydrogen) atoms. The van der Waals surface area contributed by atoms with E-state index in [4.69, 9.17) is 4.74 Å². The van der Waals surface area contributed by atoms with Gasteiger partial charge in [0.05, 0.1) is 6.61 Å². The highest BCUT2D eigenvalue weighted by molar-refractivity contribution is 5.27. The number of ether oxygens (including phenoxy) is 1. The van der Waals surface area contributed by atoms with Gasteiger partial charge in [-0.15, -0.1) is 0 Å². The van der Waals surface area contributed by atoms with E-state index in [1.54, 1.807) is 13.2 Å². The molecule has 0 fully saturated rings. The number of methoxy groups -OCH3 is 1. The number of rotatable bonds is 8. The quantitative estimate of drug-likeness (QED) is 0.730. The standard InChI is InChI=1S/C16H26FNO/c1-12(2)15(11-18-7-8-19-4)9-14-10-16(17)6-5-13(14)3/h5-6,10,12,15,18H,7-9,11H2,1-4H3. The molecule has 0 bridgehead atoms. The topological polar surface area (TPSA) is 21.3 Å². The van der Waals surface area contributed by atoms with Crippen molar-refractivity contribution < 1.29 is 9.13 Å². The maximum Gasteiger partial charge on any atom is 0.123 e. The molecule has 0 radical (unpaired) electrons. The summed E-state index contributed by atoms with van der Waals surface area (Å²) in [5.41, 5.74) is 2.29. The molecule has 1 atom stereocenters. The van der Waals surface area contributed by atoms with Crippen LogP contribution in [0.4, 0.5) is 4.39 Å². The van der Waals surface area contributed by atoms with Crippen LogP contribution in [0.15, 0.2) is 18.2 Å². The Bertz CT molecular complexity index is 379. The number of nitrogens with one attached hydrogen (secondary N) is 1. The molecular weight excluding hydrogens is 241 g/mol. The van der Waals surface area contributed by atoms with Crippen molar-refractivity contribution in [2.75, 3.05) is 26.8 Å². The fraction of sp³-hybridized carbons (Fsp3) is 0.625. The number of halogens is 1. The largest absolute Gasteiger partial charge is 0.383 e. The molecule has 2 nitrogen and oxygen atoms in total. The summed E-state index contributed by atoms with van der Waals surface area (Å²) < 4.78 is 18.3. The van der Waals surface area contributed by atoms with E-state index >= 15 is 0 Å². The molecule has 1 unspecified atom stereocenters. The minimum absolute atomic E-state index is 0.143.